The predicted octanol–water partition coefficient (Wildman–Crippen LogP) is 4.79. The molecule has 1 unspecified atom stereocenters. The van der Waals surface area contributed by atoms with Gasteiger partial charge in [-0.25, -0.2) is 13.2 Å². The molecule has 1 aliphatic carbocycles. The van der Waals surface area contributed by atoms with E-state index in [9.17, 15) is 23.1 Å². The second-order valence-corrected chi connectivity index (χ2v) is 11.4. The number of nitrogens with one attached hydrogen (secondary N) is 2. The van der Waals surface area contributed by atoms with E-state index in [1.165, 1.54) is 18.2 Å². The Balaban J connectivity index is 1.65. The summed E-state index contributed by atoms with van der Waals surface area (Å²) in [5.41, 5.74) is 4.22. The first-order chi connectivity index (χ1) is 16.7. The lowest BCUT2D eigenvalue weighted by Gasteiger charge is -2.20. The molecule has 178 valence electrons. The lowest BCUT2D eigenvalue weighted by Crippen LogP contribution is -2.21. The summed E-state index contributed by atoms with van der Waals surface area (Å²) in [6.45, 7) is 1.98. The number of hydrogen-bond donors (Lipinski definition) is 3. The number of halogens is 1. The number of rotatable bonds is 5. The summed E-state index contributed by atoms with van der Waals surface area (Å²) in [6.07, 6.45) is 0.945. The highest BCUT2D eigenvalue weighted by Crippen LogP contribution is 2.43. The molecule has 0 saturated heterocycles. The van der Waals surface area contributed by atoms with Gasteiger partial charge in [0.25, 0.3) is 5.56 Å². The Morgan fingerprint density at radius 1 is 1.00 bits per heavy atom. The average molecular weight is 553 g/mol. The van der Waals surface area contributed by atoms with Gasteiger partial charge in [-0.1, -0.05) is 64.0 Å². The van der Waals surface area contributed by atoms with Crippen LogP contribution in [0.15, 0.2) is 75.2 Å². The summed E-state index contributed by atoms with van der Waals surface area (Å²) < 4.78 is 26.2. The first-order valence-corrected chi connectivity index (χ1v) is 13.3. The van der Waals surface area contributed by atoms with E-state index >= 15 is 0 Å². The lowest BCUT2D eigenvalue weighted by molar-refractivity contribution is 0.0690. The number of fused-ring (bicyclic) bond motifs is 3. The molecule has 4 aromatic rings. The Morgan fingerprint density at radius 2 is 1.69 bits per heavy atom. The zero-order valence-corrected chi connectivity index (χ0v) is 21.0. The summed E-state index contributed by atoms with van der Waals surface area (Å²) in [4.78, 5) is 30.2. The van der Waals surface area contributed by atoms with Crippen molar-refractivity contribution in [2.45, 2.75) is 34.4 Å². The Morgan fingerprint density at radius 3 is 2.34 bits per heavy atom. The monoisotopic (exact) mass is 552 g/mol. The van der Waals surface area contributed by atoms with Crippen molar-refractivity contribution in [2.24, 2.45) is 0 Å². The van der Waals surface area contributed by atoms with Crippen LogP contribution in [0.3, 0.4) is 0 Å². The van der Waals surface area contributed by atoms with Gasteiger partial charge in [0.1, 0.15) is 10.6 Å². The molecular weight excluding hydrogens is 532 g/mol. The molecule has 0 spiro atoms. The molecule has 5 rings (SSSR count). The van der Waals surface area contributed by atoms with Crippen molar-refractivity contribution in [1.82, 2.24) is 9.97 Å². The maximum absolute atomic E-state index is 13.1. The highest BCUT2D eigenvalue weighted by atomic mass is 79.9. The molecule has 0 radical (unpaired) electrons. The molecule has 0 bridgehead atoms. The third-order valence-electron chi connectivity index (χ3n) is 6.31. The number of aryl methyl sites for hydroxylation is 2. The highest BCUT2D eigenvalue weighted by molar-refractivity contribution is 9.09. The number of H-pyrrole nitrogens is 2. The average Bonchev–Trinajstić information content (AvgIpc) is 3.25. The van der Waals surface area contributed by atoms with Crippen LogP contribution in [0.2, 0.25) is 0 Å². The predicted molar refractivity (Wildman–Crippen MR) is 135 cm³/mol. The van der Waals surface area contributed by atoms with Gasteiger partial charge in [0.2, 0.25) is 9.84 Å². The highest BCUT2D eigenvalue weighted by Gasteiger charge is 2.32. The van der Waals surface area contributed by atoms with E-state index in [1.807, 2.05) is 31.2 Å². The maximum Gasteiger partial charge on any atom is 0.352 e. The van der Waals surface area contributed by atoms with Crippen LogP contribution in [0.1, 0.15) is 43.1 Å². The Kier molecular flexibility index (Phi) is 5.77. The van der Waals surface area contributed by atoms with Crippen molar-refractivity contribution < 1.29 is 18.3 Å². The van der Waals surface area contributed by atoms with Crippen LogP contribution in [0.4, 0.5) is 0 Å². The molecular formula is C26H21BrN2O5S. The number of aromatic amines is 2. The summed E-state index contributed by atoms with van der Waals surface area (Å²) in [7, 11) is -4.01. The van der Waals surface area contributed by atoms with Gasteiger partial charge in [-0.15, -0.1) is 0 Å². The zero-order valence-electron chi connectivity index (χ0n) is 18.6. The van der Waals surface area contributed by atoms with Crippen molar-refractivity contribution in [3.63, 3.8) is 0 Å². The smallest absolute Gasteiger partial charge is 0.352 e. The molecule has 1 atom stereocenters. The molecule has 2 heterocycles. The van der Waals surface area contributed by atoms with Crippen molar-refractivity contribution >= 4 is 31.7 Å². The van der Waals surface area contributed by atoms with E-state index in [0.29, 0.717) is 35.4 Å². The SMILES string of the molecule is Cc1ccc(C(Br)c2c(C(=O)O)[nH]c3c2CCc2cc(S(=O)(=O)c4ccccc4)c(=O)[nH]c2-3)cc1. The second kappa shape index (κ2) is 8.66. The van der Waals surface area contributed by atoms with Crippen molar-refractivity contribution in [1.29, 1.82) is 0 Å². The number of aromatic carboxylic acids is 1. The van der Waals surface area contributed by atoms with Crippen molar-refractivity contribution in [3.05, 3.63) is 105 Å². The first-order valence-electron chi connectivity index (χ1n) is 10.9. The molecule has 0 fully saturated rings. The van der Waals surface area contributed by atoms with Gasteiger partial charge in [-0.05, 0) is 54.7 Å². The fourth-order valence-electron chi connectivity index (χ4n) is 4.53. The summed E-state index contributed by atoms with van der Waals surface area (Å²) >= 11 is 3.68. The fourth-order valence-corrected chi connectivity index (χ4v) is 6.71. The van der Waals surface area contributed by atoms with Crippen LogP contribution in [-0.4, -0.2) is 29.5 Å². The number of hydrogen-bond acceptors (Lipinski definition) is 4. The van der Waals surface area contributed by atoms with E-state index in [2.05, 4.69) is 25.9 Å². The molecule has 2 aromatic carbocycles. The van der Waals surface area contributed by atoms with Gasteiger partial charge >= 0.3 is 5.97 Å². The second-order valence-electron chi connectivity index (χ2n) is 8.53. The standard InChI is InChI=1S/C26H21BrN2O5S/c1-14-7-9-15(10-8-14)21(27)20-18-12-11-16-13-19(35(33,34)17-5-3-2-4-6-17)25(30)29-22(16)23(18)28-24(20)26(31)32/h2-10,13,21,28H,11-12H2,1H3,(H,29,30)(H,31,32). The van der Waals surface area contributed by atoms with E-state index < -0.39 is 21.4 Å². The van der Waals surface area contributed by atoms with Crippen molar-refractivity contribution in [3.8, 4) is 11.4 Å². The molecule has 3 N–H and O–H groups in total. The van der Waals surface area contributed by atoms with E-state index in [4.69, 9.17) is 0 Å². The number of sulfone groups is 1. The molecule has 0 aliphatic heterocycles. The van der Waals surface area contributed by atoms with Crippen LogP contribution in [0, 0.1) is 6.92 Å². The minimum absolute atomic E-state index is 0.0344. The van der Waals surface area contributed by atoms with Crippen LogP contribution in [-0.2, 0) is 22.7 Å². The molecule has 7 nitrogen and oxygen atoms in total. The van der Waals surface area contributed by atoms with Crippen molar-refractivity contribution in [2.75, 3.05) is 0 Å². The number of pyridine rings is 1. The van der Waals surface area contributed by atoms with Gasteiger partial charge < -0.3 is 15.1 Å². The number of aromatic nitrogens is 2. The zero-order chi connectivity index (χ0) is 24.9. The topological polar surface area (TPSA) is 120 Å². The number of carboxylic acid groups (broad SMARTS) is 1. The Labute approximate surface area is 209 Å². The minimum atomic E-state index is -4.01. The van der Waals surface area contributed by atoms with E-state index in [0.717, 1.165) is 16.7 Å². The largest absolute Gasteiger partial charge is 0.477 e. The van der Waals surface area contributed by atoms with Gasteiger partial charge in [-0.2, -0.15) is 0 Å². The molecule has 9 heteroatoms. The molecule has 0 amide bonds. The quantitative estimate of drug-likeness (QED) is 0.307. The van der Waals surface area contributed by atoms with Crippen LogP contribution >= 0.6 is 15.9 Å². The van der Waals surface area contributed by atoms with E-state index in [1.54, 1.807) is 18.2 Å². The minimum Gasteiger partial charge on any atom is -0.477 e. The molecule has 0 saturated carbocycles. The summed E-state index contributed by atoms with van der Waals surface area (Å²) in [5, 5.41) is 9.93. The van der Waals surface area contributed by atoms with E-state index in [-0.39, 0.29) is 20.3 Å². The van der Waals surface area contributed by atoms with Gasteiger partial charge in [-0.3, -0.25) is 4.79 Å². The third-order valence-corrected chi connectivity index (χ3v) is 9.07. The third kappa shape index (κ3) is 3.94. The Hall–Kier alpha value is -3.43. The molecule has 35 heavy (non-hydrogen) atoms. The normalized spacial score (nSPS) is 13.7. The van der Waals surface area contributed by atoms with Gasteiger partial charge in [0.15, 0.2) is 0 Å². The maximum atomic E-state index is 13.1. The Bertz CT molecular complexity index is 1620. The van der Waals surface area contributed by atoms with Crippen LogP contribution in [0.25, 0.3) is 11.4 Å². The number of alkyl halides is 1. The van der Waals surface area contributed by atoms with Crippen LogP contribution < -0.4 is 5.56 Å². The molecule has 2 aromatic heterocycles. The first kappa shape index (κ1) is 23.3. The number of benzene rings is 2. The van der Waals surface area contributed by atoms with Gasteiger partial charge in [0.05, 0.1) is 21.1 Å². The fraction of sp³-hybridized carbons (Fsp3) is 0.154. The summed E-state index contributed by atoms with van der Waals surface area (Å²) in [5.74, 6) is -1.11. The molecule has 1 aliphatic rings. The van der Waals surface area contributed by atoms with Crippen LogP contribution in [0.5, 0.6) is 0 Å². The summed E-state index contributed by atoms with van der Waals surface area (Å²) in [6, 6.07) is 17.0. The number of carbonyl (C=O) groups is 1. The van der Waals surface area contributed by atoms with Gasteiger partial charge in [0, 0.05) is 5.56 Å². The number of carboxylic acids is 1. The lowest BCUT2D eigenvalue weighted by atomic mass is 9.89.